The molecule has 0 aliphatic heterocycles. The highest BCUT2D eigenvalue weighted by Crippen LogP contribution is 2.33. The monoisotopic (exact) mass is 316 g/mol. The van der Waals surface area contributed by atoms with Gasteiger partial charge >= 0.3 is 6.18 Å². The van der Waals surface area contributed by atoms with Crippen molar-refractivity contribution in [3.05, 3.63) is 46.1 Å². The Morgan fingerprint density at radius 2 is 1.86 bits per heavy atom. The van der Waals surface area contributed by atoms with Gasteiger partial charge in [-0.25, -0.2) is 9.37 Å². The lowest BCUT2D eigenvalue weighted by atomic mass is 10.1. The van der Waals surface area contributed by atoms with E-state index in [1.165, 1.54) is 12.1 Å². The van der Waals surface area contributed by atoms with Crippen molar-refractivity contribution in [3.8, 4) is 11.3 Å². The van der Waals surface area contributed by atoms with E-state index < -0.39 is 17.6 Å². The summed E-state index contributed by atoms with van der Waals surface area (Å²) in [5, 5.41) is 0. The standard InChI is InChI=1S/C14H12F4N2S/c1-7(2)13-19-11(6-12(21)20-13)8-3-4-9(10(15)5-8)14(16,17)18/h3-7H,1-2H3,(H,19,20,21). The number of H-pyrrole nitrogens is 1. The summed E-state index contributed by atoms with van der Waals surface area (Å²) in [6.45, 7) is 3.79. The molecule has 1 aromatic heterocycles. The zero-order chi connectivity index (χ0) is 15.8. The average molecular weight is 316 g/mol. The fourth-order valence-electron chi connectivity index (χ4n) is 1.82. The van der Waals surface area contributed by atoms with Crippen LogP contribution in [0, 0.1) is 10.5 Å². The number of aromatic nitrogens is 2. The van der Waals surface area contributed by atoms with Gasteiger partial charge in [-0.2, -0.15) is 13.2 Å². The third-order valence-electron chi connectivity index (χ3n) is 2.89. The molecular weight excluding hydrogens is 304 g/mol. The van der Waals surface area contributed by atoms with Crippen molar-refractivity contribution in [2.45, 2.75) is 25.9 Å². The molecule has 0 spiro atoms. The van der Waals surface area contributed by atoms with Crippen molar-refractivity contribution in [2.75, 3.05) is 0 Å². The smallest absolute Gasteiger partial charge is 0.343 e. The third-order valence-corrected chi connectivity index (χ3v) is 3.10. The maximum absolute atomic E-state index is 13.6. The zero-order valence-corrected chi connectivity index (χ0v) is 12.1. The lowest BCUT2D eigenvalue weighted by Crippen LogP contribution is -2.08. The SMILES string of the molecule is CC(C)c1nc(=S)cc(-c2ccc(C(F)(F)F)c(F)c2)[nH]1. The summed E-state index contributed by atoms with van der Waals surface area (Å²) in [7, 11) is 0. The van der Waals surface area contributed by atoms with Gasteiger partial charge in [-0.15, -0.1) is 0 Å². The molecule has 2 aromatic rings. The molecule has 0 amide bonds. The van der Waals surface area contributed by atoms with Gasteiger partial charge in [0.2, 0.25) is 0 Å². The molecule has 1 heterocycles. The first-order valence-corrected chi connectivity index (χ1v) is 6.57. The first kappa shape index (κ1) is 15.6. The van der Waals surface area contributed by atoms with E-state index in [0.29, 0.717) is 16.2 Å². The maximum Gasteiger partial charge on any atom is 0.419 e. The van der Waals surface area contributed by atoms with Crippen LogP contribution in [-0.2, 0) is 6.18 Å². The van der Waals surface area contributed by atoms with Crippen LogP contribution in [0.25, 0.3) is 11.3 Å². The zero-order valence-electron chi connectivity index (χ0n) is 11.3. The van der Waals surface area contributed by atoms with Gasteiger partial charge in [0, 0.05) is 17.2 Å². The van der Waals surface area contributed by atoms with Crippen LogP contribution in [0.3, 0.4) is 0 Å². The van der Waals surface area contributed by atoms with Gasteiger partial charge in [0.25, 0.3) is 0 Å². The Kier molecular flexibility index (Phi) is 4.13. The van der Waals surface area contributed by atoms with E-state index in [1.807, 2.05) is 13.8 Å². The van der Waals surface area contributed by atoms with E-state index in [1.54, 1.807) is 0 Å². The number of nitrogens with zero attached hydrogens (tertiary/aromatic N) is 1. The molecule has 0 fully saturated rings. The van der Waals surface area contributed by atoms with Crippen LogP contribution in [0.5, 0.6) is 0 Å². The molecule has 112 valence electrons. The minimum absolute atomic E-state index is 0.0611. The normalized spacial score (nSPS) is 12.0. The summed E-state index contributed by atoms with van der Waals surface area (Å²) in [4.78, 5) is 7.08. The molecule has 21 heavy (non-hydrogen) atoms. The topological polar surface area (TPSA) is 28.7 Å². The molecule has 0 aliphatic carbocycles. The van der Waals surface area contributed by atoms with Gasteiger partial charge < -0.3 is 4.98 Å². The lowest BCUT2D eigenvalue weighted by molar-refractivity contribution is -0.139. The summed E-state index contributed by atoms with van der Waals surface area (Å²) in [5.41, 5.74) is -0.565. The van der Waals surface area contributed by atoms with Crippen LogP contribution < -0.4 is 0 Å². The van der Waals surface area contributed by atoms with Gasteiger partial charge in [-0.1, -0.05) is 32.1 Å². The van der Waals surface area contributed by atoms with Crippen LogP contribution in [0.2, 0.25) is 0 Å². The second-order valence-corrected chi connectivity index (χ2v) is 5.28. The predicted molar refractivity (Wildman–Crippen MR) is 73.9 cm³/mol. The van der Waals surface area contributed by atoms with Crippen LogP contribution in [0.4, 0.5) is 17.6 Å². The molecule has 1 N–H and O–H groups in total. The number of benzene rings is 1. The van der Waals surface area contributed by atoms with Crippen LogP contribution in [0.15, 0.2) is 24.3 Å². The molecule has 0 aliphatic rings. The van der Waals surface area contributed by atoms with E-state index in [9.17, 15) is 17.6 Å². The van der Waals surface area contributed by atoms with Crippen molar-refractivity contribution in [1.29, 1.82) is 0 Å². The average Bonchev–Trinajstić information content (AvgIpc) is 2.36. The van der Waals surface area contributed by atoms with E-state index >= 15 is 0 Å². The number of alkyl halides is 3. The third kappa shape index (κ3) is 3.47. The van der Waals surface area contributed by atoms with Crippen LogP contribution in [-0.4, -0.2) is 9.97 Å². The molecule has 2 nitrogen and oxygen atoms in total. The van der Waals surface area contributed by atoms with Crippen molar-refractivity contribution in [2.24, 2.45) is 0 Å². The number of halogens is 4. The van der Waals surface area contributed by atoms with Gasteiger partial charge in [0.15, 0.2) is 0 Å². The number of hydrogen-bond acceptors (Lipinski definition) is 2. The van der Waals surface area contributed by atoms with Crippen LogP contribution >= 0.6 is 12.2 Å². The van der Waals surface area contributed by atoms with Crippen molar-refractivity contribution in [1.82, 2.24) is 9.97 Å². The summed E-state index contributed by atoms with van der Waals surface area (Å²) < 4.78 is 51.5. The second kappa shape index (κ2) is 5.55. The summed E-state index contributed by atoms with van der Waals surface area (Å²) in [5.74, 6) is -0.661. The first-order valence-electron chi connectivity index (χ1n) is 6.17. The number of aromatic amines is 1. The Bertz CT molecular complexity index is 720. The molecule has 0 saturated carbocycles. The highest BCUT2D eigenvalue weighted by atomic mass is 32.1. The summed E-state index contributed by atoms with van der Waals surface area (Å²) >= 11 is 5.02. The molecule has 0 saturated heterocycles. The van der Waals surface area contributed by atoms with E-state index in [4.69, 9.17) is 12.2 Å². The molecule has 1 aromatic carbocycles. The highest BCUT2D eigenvalue weighted by Gasteiger charge is 2.33. The first-order chi connectivity index (χ1) is 9.68. The van der Waals surface area contributed by atoms with Gasteiger partial charge in [-0.05, 0) is 18.2 Å². The van der Waals surface area contributed by atoms with E-state index in [0.717, 1.165) is 12.1 Å². The Morgan fingerprint density at radius 1 is 1.19 bits per heavy atom. The molecule has 0 bridgehead atoms. The Morgan fingerprint density at radius 3 is 2.38 bits per heavy atom. The van der Waals surface area contributed by atoms with Crippen LogP contribution in [0.1, 0.15) is 31.2 Å². The van der Waals surface area contributed by atoms with E-state index in [-0.39, 0.29) is 11.5 Å². The van der Waals surface area contributed by atoms with Gasteiger partial charge in [0.1, 0.15) is 16.3 Å². The van der Waals surface area contributed by atoms with Crippen molar-refractivity contribution < 1.29 is 17.6 Å². The molecule has 0 unspecified atom stereocenters. The molecular formula is C14H12F4N2S. The fraction of sp³-hybridized carbons (Fsp3) is 0.286. The molecule has 0 atom stereocenters. The second-order valence-electron chi connectivity index (χ2n) is 4.87. The Labute approximate surface area is 123 Å². The largest absolute Gasteiger partial charge is 0.419 e. The fourth-order valence-corrected chi connectivity index (χ4v) is 2.03. The summed E-state index contributed by atoms with van der Waals surface area (Å²) in [6, 6.07) is 4.25. The molecule has 2 rings (SSSR count). The Hall–Kier alpha value is -1.76. The predicted octanol–water partition coefficient (Wildman–Crippen LogP) is 5.09. The van der Waals surface area contributed by atoms with Gasteiger partial charge in [-0.3, -0.25) is 0 Å². The van der Waals surface area contributed by atoms with Crippen molar-refractivity contribution >= 4 is 12.2 Å². The van der Waals surface area contributed by atoms with E-state index in [2.05, 4.69) is 9.97 Å². The minimum Gasteiger partial charge on any atom is -0.343 e. The maximum atomic E-state index is 13.6. The van der Waals surface area contributed by atoms with Gasteiger partial charge in [0.05, 0.1) is 5.56 Å². The minimum atomic E-state index is -4.71. The quantitative estimate of drug-likeness (QED) is 0.618. The number of nitrogens with one attached hydrogen (secondary N) is 1. The van der Waals surface area contributed by atoms with Crippen molar-refractivity contribution in [3.63, 3.8) is 0 Å². The lowest BCUT2D eigenvalue weighted by Gasteiger charge is -2.11. The Balaban J connectivity index is 2.53. The number of rotatable bonds is 2. The summed E-state index contributed by atoms with van der Waals surface area (Å²) in [6.07, 6.45) is -4.71. The molecule has 0 radical (unpaired) electrons. The number of hydrogen-bond donors (Lipinski definition) is 1. The highest BCUT2D eigenvalue weighted by molar-refractivity contribution is 7.71. The molecule has 7 heteroatoms.